The lowest BCUT2D eigenvalue weighted by Crippen LogP contribution is -2.39. The molecule has 0 bridgehead atoms. The zero-order valence-corrected chi connectivity index (χ0v) is 18.9. The van der Waals surface area contributed by atoms with Gasteiger partial charge in [0, 0.05) is 17.7 Å². The molecule has 0 saturated carbocycles. The van der Waals surface area contributed by atoms with Crippen molar-refractivity contribution >= 4 is 21.8 Å². The first-order valence-electron chi connectivity index (χ1n) is 10.5. The number of carbonyl (C=O) groups excluding carboxylic acids is 1. The molecular weight excluding hydrogens is 445 g/mol. The molecule has 1 amide bonds. The van der Waals surface area contributed by atoms with E-state index in [0.29, 0.717) is 29.3 Å². The molecule has 1 fully saturated rings. The van der Waals surface area contributed by atoms with E-state index in [1.807, 2.05) is 12.1 Å². The fourth-order valence-corrected chi connectivity index (χ4v) is 5.52. The number of furan rings is 1. The number of amides is 1. The molecule has 0 unspecified atom stereocenters. The molecule has 0 radical (unpaired) electrons. The molecule has 0 spiro atoms. The van der Waals surface area contributed by atoms with Gasteiger partial charge in [0.1, 0.15) is 23.1 Å². The molecule has 2 heterocycles. The highest BCUT2D eigenvalue weighted by atomic mass is 32.2. The smallest absolute Gasteiger partial charge is 0.247 e. The average molecular weight is 470 g/mol. The molecule has 33 heavy (non-hydrogen) atoms. The molecule has 2 aromatic carbocycles. The van der Waals surface area contributed by atoms with Gasteiger partial charge in [0.05, 0.1) is 25.2 Å². The maximum absolute atomic E-state index is 13.2. The molecule has 0 aliphatic carbocycles. The lowest BCUT2D eigenvalue weighted by atomic mass is 10.1. The van der Waals surface area contributed by atoms with E-state index in [2.05, 4.69) is 0 Å². The van der Waals surface area contributed by atoms with Crippen LogP contribution < -0.4 is 4.74 Å². The number of benzene rings is 2. The van der Waals surface area contributed by atoms with Crippen LogP contribution in [0.5, 0.6) is 5.75 Å². The summed E-state index contributed by atoms with van der Waals surface area (Å²) in [6.45, 7) is 0.132. The van der Waals surface area contributed by atoms with Gasteiger partial charge in [-0.2, -0.15) is 0 Å². The molecule has 1 aliphatic heterocycles. The van der Waals surface area contributed by atoms with Crippen molar-refractivity contribution in [3.05, 3.63) is 83.9 Å². The molecule has 1 aliphatic rings. The highest BCUT2D eigenvalue weighted by Gasteiger charge is 2.34. The minimum atomic E-state index is -3.18. The third-order valence-electron chi connectivity index (χ3n) is 5.58. The minimum Gasteiger partial charge on any atom is -0.497 e. The van der Waals surface area contributed by atoms with Crippen LogP contribution in [0.15, 0.2) is 71.2 Å². The van der Waals surface area contributed by atoms with Gasteiger partial charge in [0.2, 0.25) is 5.91 Å². The summed E-state index contributed by atoms with van der Waals surface area (Å²) in [5.74, 6) is 1.13. The second kappa shape index (κ2) is 9.62. The molecule has 0 N–H and O–H groups in total. The molecule has 1 atom stereocenters. The van der Waals surface area contributed by atoms with Crippen LogP contribution in [0.1, 0.15) is 17.7 Å². The van der Waals surface area contributed by atoms with Gasteiger partial charge in [-0.3, -0.25) is 4.79 Å². The van der Waals surface area contributed by atoms with Gasteiger partial charge < -0.3 is 14.1 Å². The maximum atomic E-state index is 13.2. The average Bonchev–Trinajstić information content (AvgIpc) is 3.42. The first-order valence-corrected chi connectivity index (χ1v) is 12.3. The van der Waals surface area contributed by atoms with Gasteiger partial charge in [-0.1, -0.05) is 12.1 Å². The van der Waals surface area contributed by atoms with Gasteiger partial charge in [-0.05, 0) is 66.6 Å². The van der Waals surface area contributed by atoms with Crippen molar-refractivity contribution in [2.45, 2.75) is 19.0 Å². The first-order chi connectivity index (χ1) is 15.8. The quantitative estimate of drug-likeness (QED) is 0.482. The minimum absolute atomic E-state index is 0.0582. The van der Waals surface area contributed by atoms with E-state index < -0.39 is 15.9 Å². The summed E-state index contributed by atoms with van der Waals surface area (Å²) in [6.07, 6.45) is 3.51. The van der Waals surface area contributed by atoms with E-state index in [-0.39, 0.29) is 29.8 Å². The number of sulfone groups is 1. The Kier molecular flexibility index (Phi) is 6.65. The van der Waals surface area contributed by atoms with Crippen LogP contribution in [0.4, 0.5) is 4.39 Å². The van der Waals surface area contributed by atoms with Crippen molar-refractivity contribution < 1.29 is 26.8 Å². The zero-order valence-electron chi connectivity index (χ0n) is 18.1. The number of methoxy groups -OCH3 is 1. The van der Waals surface area contributed by atoms with Gasteiger partial charge in [0.25, 0.3) is 0 Å². The van der Waals surface area contributed by atoms with Crippen molar-refractivity contribution in [3.63, 3.8) is 0 Å². The number of nitrogens with zero attached hydrogens (tertiary/aromatic N) is 1. The largest absolute Gasteiger partial charge is 0.497 e. The van der Waals surface area contributed by atoms with Crippen LogP contribution >= 0.6 is 0 Å². The van der Waals surface area contributed by atoms with Gasteiger partial charge in [-0.25, -0.2) is 12.8 Å². The molecule has 6 nitrogen and oxygen atoms in total. The van der Waals surface area contributed by atoms with Crippen LogP contribution in [-0.4, -0.2) is 43.9 Å². The van der Waals surface area contributed by atoms with Gasteiger partial charge in [-0.15, -0.1) is 0 Å². The number of halogens is 1. The molecule has 172 valence electrons. The molecule has 8 heteroatoms. The Morgan fingerprint density at radius 1 is 1.12 bits per heavy atom. The molecular formula is C25H24FNO5S. The highest BCUT2D eigenvalue weighted by Crippen LogP contribution is 2.26. The fraction of sp³-hybridized carbons (Fsp3) is 0.240. The summed E-state index contributed by atoms with van der Waals surface area (Å²) in [5.41, 5.74) is 1.53. The second-order valence-electron chi connectivity index (χ2n) is 7.90. The molecule has 4 rings (SSSR count). The second-order valence-corrected chi connectivity index (χ2v) is 10.1. The highest BCUT2D eigenvalue weighted by molar-refractivity contribution is 7.91. The Morgan fingerprint density at radius 2 is 1.85 bits per heavy atom. The predicted octanol–water partition coefficient (Wildman–Crippen LogP) is 4.32. The van der Waals surface area contributed by atoms with E-state index >= 15 is 0 Å². The van der Waals surface area contributed by atoms with Crippen molar-refractivity contribution in [2.24, 2.45) is 0 Å². The molecule has 1 aromatic heterocycles. The van der Waals surface area contributed by atoms with Crippen LogP contribution in [0.2, 0.25) is 0 Å². The Morgan fingerprint density at radius 3 is 2.48 bits per heavy atom. The van der Waals surface area contributed by atoms with Crippen molar-refractivity contribution in [1.82, 2.24) is 4.90 Å². The predicted molar refractivity (Wildman–Crippen MR) is 124 cm³/mol. The number of hydrogen-bond acceptors (Lipinski definition) is 5. The van der Waals surface area contributed by atoms with E-state index in [1.54, 1.807) is 49.6 Å². The SMILES string of the molecule is COc1ccc(/C=C/C(=O)N(Cc2ccc(-c3ccc(F)cc3)o2)[C@H]2CCS(=O)(=O)C2)cc1. The van der Waals surface area contributed by atoms with Crippen LogP contribution in [0.3, 0.4) is 0 Å². The summed E-state index contributed by atoms with van der Waals surface area (Å²) in [4.78, 5) is 14.6. The number of ether oxygens (including phenoxy) is 1. The van der Waals surface area contributed by atoms with Crippen LogP contribution in [0, 0.1) is 5.82 Å². The fourth-order valence-electron chi connectivity index (χ4n) is 3.79. The summed E-state index contributed by atoms with van der Waals surface area (Å²) < 4.78 is 48.3. The third-order valence-corrected chi connectivity index (χ3v) is 7.33. The van der Waals surface area contributed by atoms with Crippen molar-refractivity contribution in [2.75, 3.05) is 18.6 Å². The van der Waals surface area contributed by atoms with Crippen LogP contribution in [-0.2, 0) is 21.2 Å². The van der Waals surface area contributed by atoms with E-state index in [4.69, 9.17) is 9.15 Å². The Bertz CT molecular complexity index is 1250. The molecule has 1 saturated heterocycles. The van der Waals surface area contributed by atoms with Crippen molar-refractivity contribution in [1.29, 1.82) is 0 Å². The van der Waals surface area contributed by atoms with Crippen molar-refractivity contribution in [3.8, 4) is 17.1 Å². The monoisotopic (exact) mass is 469 g/mol. The number of rotatable bonds is 7. The summed E-state index contributed by atoms with van der Waals surface area (Å²) in [7, 11) is -1.60. The van der Waals surface area contributed by atoms with Gasteiger partial charge in [0.15, 0.2) is 9.84 Å². The lowest BCUT2D eigenvalue weighted by molar-refractivity contribution is -0.128. The maximum Gasteiger partial charge on any atom is 0.247 e. The van der Waals surface area contributed by atoms with E-state index in [9.17, 15) is 17.6 Å². The topological polar surface area (TPSA) is 76.8 Å². The zero-order chi connectivity index (χ0) is 23.4. The summed E-state index contributed by atoms with van der Waals surface area (Å²) in [5, 5.41) is 0. The van der Waals surface area contributed by atoms with Crippen LogP contribution in [0.25, 0.3) is 17.4 Å². The summed E-state index contributed by atoms with van der Waals surface area (Å²) >= 11 is 0. The standard InChI is InChI=1S/C25H24FNO5S/c1-31-22-9-2-18(3-10-22)4-13-25(28)27(21-14-15-33(29,30)17-21)16-23-11-12-24(32-23)19-5-7-20(26)8-6-19/h2-13,21H,14-17H2,1H3/b13-4+/t21-/m0/s1. The van der Waals surface area contributed by atoms with E-state index in [1.165, 1.54) is 23.1 Å². The Hall–Kier alpha value is -3.39. The van der Waals surface area contributed by atoms with Gasteiger partial charge >= 0.3 is 0 Å². The lowest BCUT2D eigenvalue weighted by Gasteiger charge is -2.26. The molecule has 3 aromatic rings. The first kappa shape index (κ1) is 22.8. The summed E-state index contributed by atoms with van der Waals surface area (Å²) in [6, 6.07) is 16.2. The number of carbonyl (C=O) groups is 1. The Labute approximate surface area is 192 Å². The number of hydrogen-bond donors (Lipinski definition) is 0. The third kappa shape index (κ3) is 5.70. The Balaban J connectivity index is 1.54. The normalized spacial score (nSPS) is 17.3. The van der Waals surface area contributed by atoms with E-state index in [0.717, 1.165) is 5.56 Å².